The van der Waals surface area contributed by atoms with E-state index in [2.05, 4.69) is 0 Å². The van der Waals surface area contributed by atoms with Gasteiger partial charge >= 0.3 is 13.3 Å². The number of ketones is 1. The van der Waals surface area contributed by atoms with E-state index in [0.29, 0.717) is 24.1 Å². The molecule has 1 heterocycles. The summed E-state index contributed by atoms with van der Waals surface area (Å²) in [5.41, 5.74) is 0.743. The maximum absolute atomic E-state index is 13.0. The maximum Gasteiger partial charge on any atom is 0.491 e. The molecule has 2 aromatic carbocycles. The van der Waals surface area contributed by atoms with Gasteiger partial charge in [0.15, 0.2) is 5.78 Å². The molecule has 7 heteroatoms. The predicted octanol–water partition coefficient (Wildman–Crippen LogP) is 2.39. The zero-order valence-electron chi connectivity index (χ0n) is 12.6. The highest BCUT2D eigenvalue weighted by Crippen LogP contribution is 2.32. The monoisotopic (exact) mass is 334 g/mol. The van der Waals surface area contributed by atoms with Gasteiger partial charge in [0, 0.05) is 18.6 Å². The topological polar surface area (TPSA) is 46.5 Å². The Hall–Kier alpha value is -2.12. The minimum Gasteiger partial charge on any atom is -0.423 e. The Bertz CT molecular complexity index is 774. The Balaban J connectivity index is 1.88. The van der Waals surface area contributed by atoms with Gasteiger partial charge < -0.3 is 9.68 Å². The quantitative estimate of drug-likeness (QED) is 0.693. The Morgan fingerprint density at radius 1 is 1.21 bits per heavy atom. The van der Waals surface area contributed by atoms with Crippen LogP contribution >= 0.6 is 0 Å². The largest absolute Gasteiger partial charge is 0.491 e. The standard InChI is InChI=1S/C17H14BF3O3/c19-17(20,21)14-4-2-1-3-13(14)16(22)10-11-5-6-12-7-8-24-18(23)15(12)9-11/h1-6,9,23H,7-8,10H2. The minimum atomic E-state index is -4.58. The fraction of sp³-hybridized carbons (Fsp3) is 0.235. The van der Waals surface area contributed by atoms with Crippen LogP contribution in [0.1, 0.15) is 27.0 Å². The van der Waals surface area contributed by atoms with Gasteiger partial charge in [0.05, 0.1) is 5.56 Å². The molecule has 0 amide bonds. The average Bonchev–Trinajstić information content (AvgIpc) is 2.55. The molecule has 1 N–H and O–H groups in total. The molecule has 0 unspecified atom stereocenters. The highest BCUT2D eigenvalue weighted by molar-refractivity contribution is 6.60. The molecule has 24 heavy (non-hydrogen) atoms. The molecule has 0 bridgehead atoms. The van der Waals surface area contributed by atoms with Crippen LogP contribution in [0.4, 0.5) is 13.2 Å². The van der Waals surface area contributed by atoms with Crippen LogP contribution in [0.2, 0.25) is 0 Å². The van der Waals surface area contributed by atoms with Crippen molar-refractivity contribution in [3.63, 3.8) is 0 Å². The van der Waals surface area contributed by atoms with Gasteiger partial charge in [-0.25, -0.2) is 0 Å². The number of rotatable bonds is 3. The van der Waals surface area contributed by atoms with Crippen molar-refractivity contribution in [1.29, 1.82) is 0 Å². The molecule has 0 saturated carbocycles. The second-order valence-electron chi connectivity index (χ2n) is 5.65. The zero-order valence-corrected chi connectivity index (χ0v) is 12.6. The Kier molecular flexibility index (Phi) is 4.47. The van der Waals surface area contributed by atoms with Gasteiger partial charge in [0.1, 0.15) is 0 Å². The summed E-state index contributed by atoms with van der Waals surface area (Å²) in [4.78, 5) is 12.3. The predicted molar refractivity (Wildman–Crippen MR) is 83.2 cm³/mol. The van der Waals surface area contributed by atoms with E-state index >= 15 is 0 Å². The lowest BCUT2D eigenvalue weighted by molar-refractivity contribution is -0.137. The molecule has 2 aromatic rings. The zero-order chi connectivity index (χ0) is 17.3. The summed E-state index contributed by atoms with van der Waals surface area (Å²) in [5.74, 6) is -0.617. The molecule has 3 nitrogen and oxygen atoms in total. The number of alkyl halides is 3. The summed E-state index contributed by atoms with van der Waals surface area (Å²) >= 11 is 0. The van der Waals surface area contributed by atoms with Crippen LogP contribution in [0.15, 0.2) is 42.5 Å². The summed E-state index contributed by atoms with van der Waals surface area (Å²) in [7, 11) is -1.06. The van der Waals surface area contributed by atoms with E-state index in [1.54, 1.807) is 18.2 Å². The van der Waals surface area contributed by atoms with E-state index in [-0.39, 0.29) is 12.0 Å². The Morgan fingerprint density at radius 3 is 2.71 bits per heavy atom. The molecular formula is C17H14BF3O3. The number of benzene rings is 2. The molecule has 124 valence electrons. The number of Topliss-reactive ketones (excluding diaryl/α,β-unsaturated/α-hetero) is 1. The fourth-order valence-corrected chi connectivity index (χ4v) is 2.84. The van der Waals surface area contributed by atoms with Crippen LogP contribution in [0.25, 0.3) is 0 Å². The number of halogens is 3. The number of carbonyl (C=O) groups is 1. The van der Waals surface area contributed by atoms with Crippen LogP contribution in [-0.2, 0) is 23.7 Å². The van der Waals surface area contributed by atoms with Crippen molar-refractivity contribution in [3.05, 3.63) is 64.7 Å². The Labute approximate surface area is 137 Å². The van der Waals surface area contributed by atoms with E-state index in [9.17, 15) is 23.0 Å². The van der Waals surface area contributed by atoms with E-state index in [0.717, 1.165) is 11.6 Å². The summed E-state index contributed by atoms with van der Waals surface area (Å²) in [6.45, 7) is 0.408. The molecule has 0 spiro atoms. The Morgan fingerprint density at radius 2 is 1.96 bits per heavy atom. The second kappa shape index (κ2) is 6.41. The lowest BCUT2D eigenvalue weighted by Crippen LogP contribution is -2.41. The van der Waals surface area contributed by atoms with E-state index in [1.807, 2.05) is 0 Å². The third-order valence-electron chi connectivity index (χ3n) is 4.02. The van der Waals surface area contributed by atoms with Gasteiger partial charge in [-0.3, -0.25) is 4.79 Å². The van der Waals surface area contributed by atoms with E-state index < -0.39 is 24.6 Å². The van der Waals surface area contributed by atoms with Crippen LogP contribution in [0, 0.1) is 0 Å². The lowest BCUT2D eigenvalue weighted by Gasteiger charge is -2.19. The number of fused-ring (bicyclic) bond motifs is 1. The summed E-state index contributed by atoms with van der Waals surface area (Å²) in [6.07, 6.45) is -4.10. The van der Waals surface area contributed by atoms with Crippen LogP contribution in [0.3, 0.4) is 0 Å². The van der Waals surface area contributed by atoms with Crippen molar-refractivity contribution in [2.45, 2.75) is 19.0 Å². The van der Waals surface area contributed by atoms with Crippen molar-refractivity contribution in [1.82, 2.24) is 0 Å². The summed E-state index contributed by atoms with van der Waals surface area (Å²) in [6, 6.07) is 9.84. The first-order valence-corrected chi connectivity index (χ1v) is 7.47. The normalized spacial score (nSPS) is 14.4. The molecule has 0 radical (unpaired) electrons. The molecule has 0 saturated heterocycles. The first-order chi connectivity index (χ1) is 11.4. The lowest BCUT2D eigenvalue weighted by atomic mass is 9.72. The highest BCUT2D eigenvalue weighted by Gasteiger charge is 2.34. The number of hydrogen-bond donors (Lipinski definition) is 1. The van der Waals surface area contributed by atoms with Crippen LogP contribution < -0.4 is 5.46 Å². The van der Waals surface area contributed by atoms with E-state index in [1.165, 1.54) is 18.2 Å². The van der Waals surface area contributed by atoms with E-state index in [4.69, 9.17) is 4.65 Å². The molecule has 0 aromatic heterocycles. The van der Waals surface area contributed by atoms with Gasteiger partial charge in [-0.15, -0.1) is 0 Å². The number of hydrogen-bond acceptors (Lipinski definition) is 3. The van der Waals surface area contributed by atoms with Crippen LogP contribution in [0.5, 0.6) is 0 Å². The summed E-state index contributed by atoms with van der Waals surface area (Å²) in [5, 5.41) is 9.83. The van der Waals surface area contributed by atoms with Crippen molar-refractivity contribution in [2.75, 3.05) is 6.61 Å². The smallest absolute Gasteiger partial charge is 0.423 e. The molecular weight excluding hydrogens is 320 g/mol. The van der Waals surface area contributed by atoms with Crippen molar-refractivity contribution in [2.24, 2.45) is 0 Å². The van der Waals surface area contributed by atoms with Gasteiger partial charge in [0.2, 0.25) is 0 Å². The summed E-state index contributed by atoms with van der Waals surface area (Å²) < 4.78 is 44.2. The second-order valence-corrected chi connectivity index (χ2v) is 5.65. The molecule has 3 rings (SSSR count). The van der Waals surface area contributed by atoms with Crippen molar-refractivity contribution < 1.29 is 27.6 Å². The SMILES string of the molecule is O=C(Cc1ccc2c(c1)B(O)OCC2)c1ccccc1C(F)(F)F. The molecule has 0 aliphatic carbocycles. The molecule has 1 aliphatic rings. The van der Waals surface area contributed by atoms with Crippen molar-refractivity contribution >= 4 is 18.4 Å². The molecule has 1 aliphatic heterocycles. The maximum atomic E-state index is 13.0. The molecule has 0 fully saturated rings. The van der Waals surface area contributed by atoms with Gasteiger partial charge in [-0.2, -0.15) is 13.2 Å². The third-order valence-corrected chi connectivity index (χ3v) is 4.02. The third kappa shape index (κ3) is 3.37. The average molecular weight is 334 g/mol. The minimum absolute atomic E-state index is 0.174. The molecule has 0 atom stereocenters. The van der Waals surface area contributed by atoms with Gasteiger partial charge in [0.25, 0.3) is 0 Å². The van der Waals surface area contributed by atoms with Crippen LogP contribution in [-0.4, -0.2) is 24.5 Å². The van der Waals surface area contributed by atoms with Gasteiger partial charge in [-0.1, -0.05) is 36.4 Å². The highest BCUT2D eigenvalue weighted by atomic mass is 19.4. The number of carbonyl (C=O) groups excluding carboxylic acids is 1. The first-order valence-electron chi connectivity index (χ1n) is 7.47. The first kappa shape index (κ1) is 16.7. The van der Waals surface area contributed by atoms with Crippen molar-refractivity contribution in [3.8, 4) is 0 Å². The van der Waals surface area contributed by atoms with Gasteiger partial charge in [-0.05, 0) is 29.1 Å². The fourth-order valence-electron chi connectivity index (χ4n) is 2.84.